The third-order valence-corrected chi connectivity index (χ3v) is 6.26. The fraction of sp³-hybridized carbons (Fsp3) is 0.550. The number of aromatic nitrogens is 3. The van der Waals surface area contributed by atoms with E-state index in [4.69, 9.17) is 4.74 Å². The average Bonchev–Trinajstić information content (AvgIpc) is 3.07. The van der Waals surface area contributed by atoms with Crippen LogP contribution in [0, 0.1) is 5.92 Å². The molecule has 146 valence electrons. The zero-order valence-corrected chi connectivity index (χ0v) is 17.1. The van der Waals surface area contributed by atoms with Crippen LogP contribution in [0.3, 0.4) is 0 Å². The summed E-state index contributed by atoms with van der Waals surface area (Å²) in [4.78, 5) is 12.4. The Labute approximate surface area is 165 Å². The Morgan fingerprint density at radius 1 is 1.26 bits per heavy atom. The van der Waals surface area contributed by atoms with Gasteiger partial charge in [-0.25, -0.2) is 0 Å². The lowest BCUT2D eigenvalue weighted by molar-refractivity contribution is -0.120. The van der Waals surface area contributed by atoms with Crippen molar-refractivity contribution in [3.63, 3.8) is 0 Å². The van der Waals surface area contributed by atoms with Crippen molar-refractivity contribution in [1.82, 2.24) is 20.1 Å². The van der Waals surface area contributed by atoms with Crippen LogP contribution in [0.15, 0.2) is 29.4 Å². The Bertz CT molecular complexity index is 754. The highest BCUT2D eigenvalue weighted by molar-refractivity contribution is 8.00. The van der Waals surface area contributed by atoms with Crippen molar-refractivity contribution >= 4 is 17.7 Å². The molecule has 1 fully saturated rings. The smallest absolute Gasteiger partial charge is 0.233 e. The number of thioether (sulfide) groups is 1. The molecule has 1 aliphatic carbocycles. The van der Waals surface area contributed by atoms with Crippen molar-refractivity contribution in [2.45, 2.75) is 49.4 Å². The Morgan fingerprint density at radius 3 is 2.63 bits per heavy atom. The molecule has 1 unspecified atom stereocenters. The van der Waals surface area contributed by atoms with E-state index in [0.29, 0.717) is 5.92 Å². The molecule has 27 heavy (non-hydrogen) atoms. The molecular formula is C20H28N4O2S. The number of hydrogen-bond donors (Lipinski definition) is 1. The molecule has 1 atom stereocenters. The molecule has 1 aromatic heterocycles. The van der Waals surface area contributed by atoms with Crippen LogP contribution in [0.2, 0.25) is 0 Å². The highest BCUT2D eigenvalue weighted by Gasteiger charge is 2.21. The average molecular weight is 389 g/mol. The molecule has 1 aromatic carbocycles. The molecule has 1 aliphatic rings. The van der Waals surface area contributed by atoms with E-state index in [1.165, 1.54) is 43.9 Å². The third kappa shape index (κ3) is 5.03. The predicted octanol–water partition coefficient (Wildman–Crippen LogP) is 3.67. The van der Waals surface area contributed by atoms with Crippen LogP contribution >= 0.6 is 11.8 Å². The van der Waals surface area contributed by atoms with E-state index in [9.17, 15) is 4.79 Å². The zero-order chi connectivity index (χ0) is 19.2. The van der Waals surface area contributed by atoms with Crippen LogP contribution in [0.1, 0.15) is 39.0 Å². The molecule has 1 amide bonds. The first-order valence-corrected chi connectivity index (χ1v) is 10.4. The van der Waals surface area contributed by atoms with Crippen LogP contribution in [0.5, 0.6) is 5.75 Å². The quantitative estimate of drug-likeness (QED) is 0.733. The molecule has 0 spiro atoms. The van der Waals surface area contributed by atoms with Crippen molar-refractivity contribution in [3.8, 4) is 17.1 Å². The second-order valence-electron chi connectivity index (χ2n) is 7.10. The van der Waals surface area contributed by atoms with Crippen molar-refractivity contribution in [2.75, 3.05) is 13.7 Å². The minimum atomic E-state index is -0.208. The zero-order valence-electron chi connectivity index (χ0n) is 16.3. The maximum atomic E-state index is 12.4. The van der Waals surface area contributed by atoms with Crippen molar-refractivity contribution in [2.24, 2.45) is 13.0 Å². The molecular weight excluding hydrogens is 360 g/mol. The Kier molecular flexibility index (Phi) is 6.77. The number of methoxy groups -OCH3 is 1. The first-order chi connectivity index (χ1) is 13.1. The summed E-state index contributed by atoms with van der Waals surface area (Å²) in [7, 11) is 3.57. The van der Waals surface area contributed by atoms with E-state index < -0.39 is 0 Å². The van der Waals surface area contributed by atoms with Gasteiger partial charge in [-0.1, -0.05) is 31.0 Å². The summed E-state index contributed by atoms with van der Waals surface area (Å²) < 4.78 is 7.12. The fourth-order valence-corrected chi connectivity index (χ4v) is 4.24. The number of carbonyl (C=O) groups excluding carboxylic acids is 1. The van der Waals surface area contributed by atoms with Gasteiger partial charge in [-0.2, -0.15) is 0 Å². The largest absolute Gasteiger partial charge is 0.497 e. The molecule has 3 rings (SSSR count). The van der Waals surface area contributed by atoms with Crippen LogP contribution in [-0.2, 0) is 11.8 Å². The number of nitrogens with one attached hydrogen (secondary N) is 1. The van der Waals surface area contributed by atoms with E-state index in [-0.39, 0.29) is 11.2 Å². The summed E-state index contributed by atoms with van der Waals surface area (Å²) in [6.07, 6.45) is 6.38. The summed E-state index contributed by atoms with van der Waals surface area (Å²) in [6, 6.07) is 7.71. The van der Waals surface area contributed by atoms with Gasteiger partial charge in [0, 0.05) is 19.2 Å². The Morgan fingerprint density at radius 2 is 1.96 bits per heavy atom. The van der Waals surface area contributed by atoms with Gasteiger partial charge in [0.1, 0.15) is 5.75 Å². The van der Waals surface area contributed by atoms with E-state index in [1.807, 2.05) is 42.8 Å². The van der Waals surface area contributed by atoms with Gasteiger partial charge in [-0.3, -0.25) is 4.79 Å². The number of nitrogens with zero attached hydrogens (tertiary/aromatic N) is 3. The lowest BCUT2D eigenvalue weighted by Gasteiger charge is -2.22. The molecule has 7 heteroatoms. The number of carbonyl (C=O) groups is 1. The molecule has 1 heterocycles. The fourth-order valence-electron chi connectivity index (χ4n) is 3.40. The van der Waals surface area contributed by atoms with Gasteiger partial charge in [0.05, 0.1) is 12.4 Å². The second kappa shape index (κ2) is 9.26. The Balaban J connectivity index is 1.58. The molecule has 0 bridgehead atoms. The predicted molar refractivity (Wildman–Crippen MR) is 108 cm³/mol. The molecule has 0 saturated heterocycles. The van der Waals surface area contributed by atoms with E-state index in [2.05, 4.69) is 15.5 Å². The molecule has 1 N–H and O–H groups in total. The molecule has 0 radical (unpaired) electrons. The summed E-state index contributed by atoms with van der Waals surface area (Å²) in [6.45, 7) is 2.71. The maximum absolute atomic E-state index is 12.4. The minimum Gasteiger partial charge on any atom is -0.497 e. The molecule has 6 nitrogen and oxygen atoms in total. The first-order valence-electron chi connectivity index (χ1n) is 9.56. The van der Waals surface area contributed by atoms with E-state index in [0.717, 1.165) is 28.8 Å². The standard InChI is InChI=1S/C20H28N4O2S/c1-14(19(25)21-13-15-7-5-4-6-8-15)27-20-23-22-18(24(20)2)16-9-11-17(26-3)12-10-16/h9-12,14-15H,4-8,13H2,1-3H3,(H,21,25). The highest BCUT2D eigenvalue weighted by atomic mass is 32.2. The van der Waals surface area contributed by atoms with Gasteiger partial charge in [-0.15, -0.1) is 10.2 Å². The summed E-state index contributed by atoms with van der Waals surface area (Å²) >= 11 is 1.44. The minimum absolute atomic E-state index is 0.0690. The van der Waals surface area contributed by atoms with E-state index >= 15 is 0 Å². The van der Waals surface area contributed by atoms with Gasteiger partial charge < -0.3 is 14.6 Å². The first kappa shape index (κ1) is 19.7. The van der Waals surface area contributed by atoms with Gasteiger partial charge in [-0.05, 0) is 49.9 Å². The lowest BCUT2D eigenvalue weighted by atomic mass is 9.89. The number of benzene rings is 1. The van der Waals surface area contributed by atoms with Gasteiger partial charge in [0.15, 0.2) is 11.0 Å². The molecule has 2 aromatic rings. The SMILES string of the molecule is COc1ccc(-c2nnc(SC(C)C(=O)NCC3CCCCC3)n2C)cc1. The maximum Gasteiger partial charge on any atom is 0.233 e. The van der Waals surface area contributed by atoms with Gasteiger partial charge >= 0.3 is 0 Å². The molecule has 0 aliphatic heterocycles. The van der Waals surface area contributed by atoms with Crippen molar-refractivity contribution in [3.05, 3.63) is 24.3 Å². The third-order valence-electron chi connectivity index (χ3n) is 5.12. The highest BCUT2D eigenvalue weighted by Crippen LogP contribution is 2.27. The number of ether oxygens (including phenoxy) is 1. The van der Waals surface area contributed by atoms with Gasteiger partial charge in [0.25, 0.3) is 0 Å². The normalized spacial score (nSPS) is 16.1. The van der Waals surface area contributed by atoms with Crippen LogP contribution < -0.4 is 10.1 Å². The van der Waals surface area contributed by atoms with Crippen molar-refractivity contribution < 1.29 is 9.53 Å². The summed E-state index contributed by atoms with van der Waals surface area (Å²) in [5.74, 6) is 2.28. The number of hydrogen-bond acceptors (Lipinski definition) is 5. The topological polar surface area (TPSA) is 69.0 Å². The van der Waals surface area contributed by atoms with E-state index in [1.54, 1.807) is 7.11 Å². The number of rotatable bonds is 7. The van der Waals surface area contributed by atoms with Crippen LogP contribution in [0.25, 0.3) is 11.4 Å². The summed E-state index contributed by atoms with van der Waals surface area (Å²) in [5.41, 5.74) is 0.965. The molecule has 1 saturated carbocycles. The monoisotopic (exact) mass is 388 g/mol. The van der Waals surface area contributed by atoms with Crippen LogP contribution in [0.4, 0.5) is 0 Å². The number of amides is 1. The van der Waals surface area contributed by atoms with Gasteiger partial charge in [0.2, 0.25) is 5.91 Å². The Hall–Kier alpha value is -2.02. The van der Waals surface area contributed by atoms with Crippen LogP contribution in [-0.4, -0.2) is 39.6 Å². The summed E-state index contributed by atoms with van der Waals surface area (Å²) in [5, 5.41) is 12.2. The van der Waals surface area contributed by atoms with Crippen molar-refractivity contribution in [1.29, 1.82) is 0 Å². The lowest BCUT2D eigenvalue weighted by Crippen LogP contribution is -2.35. The second-order valence-corrected chi connectivity index (χ2v) is 8.41.